The van der Waals surface area contributed by atoms with E-state index in [1.807, 2.05) is 12.1 Å². The number of esters is 1. The molecule has 1 aliphatic rings. The van der Waals surface area contributed by atoms with Crippen molar-refractivity contribution in [3.63, 3.8) is 0 Å². The Kier molecular flexibility index (Phi) is 6.48. The van der Waals surface area contributed by atoms with Crippen molar-refractivity contribution in [3.05, 3.63) is 29.8 Å². The van der Waals surface area contributed by atoms with E-state index in [0.29, 0.717) is 11.5 Å². The Bertz CT molecular complexity index is 622. The van der Waals surface area contributed by atoms with Crippen molar-refractivity contribution in [1.29, 1.82) is 0 Å². The molecule has 1 unspecified atom stereocenters. The van der Waals surface area contributed by atoms with Gasteiger partial charge in [-0.2, -0.15) is 0 Å². The molecule has 24 heavy (non-hydrogen) atoms. The molecule has 1 aromatic rings. The van der Waals surface area contributed by atoms with Crippen LogP contribution in [-0.4, -0.2) is 55.2 Å². The molecule has 0 aromatic heterocycles. The van der Waals surface area contributed by atoms with Crippen molar-refractivity contribution in [3.8, 4) is 5.75 Å². The van der Waals surface area contributed by atoms with Crippen LogP contribution < -0.4 is 10.1 Å². The minimum atomic E-state index is -0.454. The number of nitrogens with zero attached hydrogens (tertiary/aromatic N) is 1. The highest BCUT2D eigenvalue weighted by Gasteiger charge is 2.35. The standard InChI is InChI=1S/C16H20N2O5S/c1-3-22-15(21)9-23-12-7-5-4-6-11(12)16-18(8-13(19)17-2)14(20)10-24-16/h4-7,16H,3,8-10H2,1-2H3,(H,17,19). The van der Waals surface area contributed by atoms with E-state index in [2.05, 4.69) is 5.32 Å². The fraction of sp³-hybridized carbons (Fsp3) is 0.438. The van der Waals surface area contributed by atoms with E-state index in [1.165, 1.54) is 23.7 Å². The zero-order valence-electron chi connectivity index (χ0n) is 13.6. The van der Waals surface area contributed by atoms with Crippen LogP contribution in [0.2, 0.25) is 0 Å². The highest BCUT2D eigenvalue weighted by atomic mass is 32.2. The molecular formula is C16H20N2O5S. The van der Waals surface area contributed by atoms with Crippen LogP contribution in [0.3, 0.4) is 0 Å². The highest BCUT2D eigenvalue weighted by molar-refractivity contribution is 8.00. The van der Waals surface area contributed by atoms with Gasteiger partial charge in [0.2, 0.25) is 11.8 Å². The SMILES string of the molecule is CCOC(=O)COc1ccccc1C1SCC(=O)N1CC(=O)NC. The Hall–Kier alpha value is -2.22. The molecule has 1 fully saturated rings. The maximum absolute atomic E-state index is 12.1. The first-order valence-electron chi connectivity index (χ1n) is 7.55. The van der Waals surface area contributed by atoms with Gasteiger partial charge in [-0.1, -0.05) is 18.2 Å². The number of amides is 2. The van der Waals surface area contributed by atoms with Crippen LogP contribution in [0.15, 0.2) is 24.3 Å². The van der Waals surface area contributed by atoms with Crippen LogP contribution >= 0.6 is 11.8 Å². The number of ether oxygens (including phenoxy) is 2. The largest absolute Gasteiger partial charge is 0.482 e. The maximum atomic E-state index is 12.1. The molecule has 8 heteroatoms. The molecule has 0 radical (unpaired) electrons. The molecule has 1 atom stereocenters. The predicted octanol–water partition coefficient (Wildman–Crippen LogP) is 0.948. The Morgan fingerprint density at radius 1 is 1.38 bits per heavy atom. The number of para-hydroxylation sites is 1. The summed E-state index contributed by atoms with van der Waals surface area (Å²) in [6, 6.07) is 7.17. The molecule has 1 aromatic carbocycles. The molecule has 0 aliphatic carbocycles. The Labute approximate surface area is 144 Å². The summed E-state index contributed by atoms with van der Waals surface area (Å²) in [6.45, 7) is 1.80. The lowest BCUT2D eigenvalue weighted by Gasteiger charge is -2.25. The van der Waals surface area contributed by atoms with Crippen LogP contribution in [0, 0.1) is 0 Å². The lowest BCUT2D eigenvalue weighted by atomic mass is 10.2. The fourth-order valence-electron chi connectivity index (χ4n) is 2.27. The average molecular weight is 352 g/mol. The van der Waals surface area contributed by atoms with Crippen molar-refractivity contribution in [2.24, 2.45) is 0 Å². The smallest absolute Gasteiger partial charge is 0.344 e. The van der Waals surface area contributed by atoms with Gasteiger partial charge in [-0.05, 0) is 13.0 Å². The predicted molar refractivity (Wildman–Crippen MR) is 89.5 cm³/mol. The Morgan fingerprint density at radius 2 is 2.12 bits per heavy atom. The van der Waals surface area contributed by atoms with Gasteiger partial charge in [0, 0.05) is 12.6 Å². The number of carbonyl (C=O) groups is 3. The fourth-order valence-corrected chi connectivity index (χ4v) is 3.48. The number of carbonyl (C=O) groups excluding carboxylic acids is 3. The van der Waals surface area contributed by atoms with Gasteiger partial charge in [0.1, 0.15) is 17.7 Å². The molecule has 1 heterocycles. The van der Waals surface area contributed by atoms with E-state index in [0.717, 1.165) is 5.56 Å². The number of nitrogens with one attached hydrogen (secondary N) is 1. The van der Waals surface area contributed by atoms with Crippen LogP contribution in [0.25, 0.3) is 0 Å². The normalized spacial score (nSPS) is 16.8. The van der Waals surface area contributed by atoms with E-state index in [4.69, 9.17) is 9.47 Å². The maximum Gasteiger partial charge on any atom is 0.344 e. The third kappa shape index (κ3) is 4.41. The summed E-state index contributed by atoms with van der Waals surface area (Å²) in [4.78, 5) is 36.7. The van der Waals surface area contributed by atoms with Gasteiger partial charge in [0.25, 0.3) is 0 Å². The van der Waals surface area contributed by atoms with Gasteiger partial charge in [-0.3, -0.25) is 9.59 Å². The molecule has 2 rings (SSSR count). The van der Waals surface area contributed by atoms with E-state index >= 15 is 0 Å². The van der Waals surface area contributed by atoms with Gasteiger partial charge in [0.05, 0.1) is 12.4 Å². The molecular weight excluding hydrogens is 332 g/mol. The second-order valence-electron chi connectivity index (χ2n) is 4.99. The summed E-state index contributed by atoms with van der Waals surface area (Å²) in [5, 5.41) is 2.19. The second kappa shape index (κ2) is 8.58. The first kappa shape index (κ1) is 18.1. The molecule has 2 amide bonds. The summed E-state index contributed by atoms with van der Waals surface area (Å²) < 4.78 is 10.4. The second-order valence-corrected chi connectivity index (χ2v) is 6.06. The minimum absolute atomic E-state index is 0.0147. The van der Waals surface area contributed by atoms with E-state index in [9.17, 15) is 14.4 Å². The zero-order valence-corrected chi connectivity index (χ0v) is 14.4. The van der Waals surface area contributed by atoms with Gasteiger partial charge < -0.3 is 19.7 Å². The summed E-state index contributed by atoms with van der Waals surface area (Å²) >= 11 is 1.42. The molecule has 1 N–H and O–H groups in total. The molecule has 1 saturated heterocycles. The monoisotopic (exact) mass is 352 g/mol. The van der Waals surface area contributed by atoms with Gasteiger partial charge in [-0.25, -0.2) is 4.79 Å². The molecule has 0 bridgehead atoms. The van der Waals surface area contributed by atoms with Crippen LogP contribution in [-0.2, 0) is 19.1 Å². The molecule has 130 valence electrons. The van der Waals surface area contributed by atoms with Gasteiger partial charge >= 0.3 is 5.97 Å². The summed E-state index contributed by atoms with van der Waals surface area (Å²) in [7, 11) is 1.53. The minimum Gasteiger partial charge on any atom is -0.482 e. The first-order chi connectivity index (χ1) is 11.6. The van der Waals surface area contributed by atoms with Gasteiger partial charge in [-0.15, -0.1) is 11.8 Å². The summed E-state index contributed by atoms with van der Waals surface area (Å²) in [5.41, 5.74) is 0.751. The number of likely N-dealkylation sites (N-methyl/N-ethyl adjacent to an activating group) is 1. The summed E-state index contributed by atoms with van der Waals surface area (Å²) in [6.07, 6.45) is 0. The van der Waals surface area contributed by atoms with Crippen LogP contribution in [0.1, 0.15) is 17.9 Å². The van der Waals surface area contributed by atoms with E-state index in [-0.39, 0.29) is 36.9 Å². The zero-order chi connectivity index (χ0) is 17.5. The lowest BCUT2D eigenvalue weighted by molar-refractivity contribution is -0.145. The Morgan fingerprint density at radius 3 is 2.83 bits per heavy atom. The van der Waals surface area contributed by atoms with Crippen LogP contribution in [0.4, 0.5) is 0 Å². The number of benzene rings is 1. The third-order valence-corrected chi connectivity index (χ3v) is 4.63. The van der Waals surface area contributed by atoms with Crippen molar-refractivity contribution in [2.75, 3.05) is 32.6 Å². The molecule has 1 aliphatic heterocycles. The molecule has 0 spiro atoms. The van der Waals surface area contributed by atoms with Crippen LogP contribution in [0.5, 0.6) is 5.75 Å². The average Bonchev–Trinajstić information content (AvgIpc) is 2.94. The quantitative estimate of drug-likeness (QED) is 0.736. The topological polar surface area (TPSA) is 84.9 Å². The number of hydrogen-bond donors (Lipinski definition) is 1. The molecule has 7 nitrogen and oxygen atoms in total. The van der Waals surface area contributed by atoms with Crippen molar-refractivity contribution in [2.45, 2.75) is 12.3 Å². The molecule has 0 saturated carbocycles. The van der Waals surface area contributed by atoms with Crippen molar-refractivity contribution in [1.82, 2.24) is 10.2 Å². The number of hydrogen-bond acceptors (Lipinski definition) is 6. The Balaban J connectivity index is 2.16. The summed E-state index contributed by atoms with van der Waals surface area (Å²) in [5.74, 6) is 0.00679. The van der Waals surface area contributed by atoms with E-state index in [1.54, 1.807) is 19.1 Å². The highest BCUT2D eigenvalue weighted by Crippen LogP contribution is 2.42. The third-order valence-electron chi connectivity index (χ3n) is 3.40. The van der Waals surface area contributed by atoms with Crippen molar-refractivity contribution >= 4 is 29.5 Å². The lowest BCUT2D eigenvalue weighted by Crippen LogP contribution is -2.38. The van der Waals surface area contributed by atoms with Crippen molar-refractivity contribution < 1.29 is 23.9 Å². The van der Waals surface area contributed by atoms with E-state index < -0.39 is 5.97 Å². The van der Waals surface area contributed by atoms with Gasteiger partial charge in [0.15, 0.2) is 6.61 Å². The first-order valence-corrected chi connectivity index (χ1v) is 8.60. The number of thioether (sulfide) groups is 1. The number of rotatable bonds is 7.